The number of fused-ring (bicyclic) bond motifs is 6. The van der Waals surface area contributed by atoms with Gasteiger partial charge in [-0.25, -0.2) is 0 Å². The highest BCUT2D eigenvalue weighted by molar-refractivity contribution is 6.13. The fourth-order valence-electron chi connectivity index (χ4n) is 7.85. The number of alkyl halides is 3. The van der Waals surface area contributed by atoms with E-state index in [1.54, 1.807) is 13.0 Å². The molecule has 0 saturated carbocycles. The Labute approximate surface area is 282 Å². The zero-order valence-electron chi connectivity index (χ0n) is 27.8. The zero-order chi connectivity index (χ0) is 34.4. The summed E-state index contributed by atoms with van der Waals surface area (Å²) in [6.45, 7) is 9.99. The number of hydrogen-bond donors (Lipinski definition) is 0. The molecule has 8 aromatic rings. The monoisotopic (exact) mass is 647 g/mol. The molecule has 0 radical (unpaired) electrons. The summed E-state index contributed by atoms with van der Waals surface area (Å²) in [5.74, 6) is 0. The quantitative estimate of drug-likeness (QED) is 0.188. The highest BCUT2D eigenvalue weighted by Crippen LogP contribution is 2.45. The smallest absolute Gasteiger partial charge is 0.307 e. The number of hydrogen-bond acceptors (Lipinski definition) is 1. The fourth-order valence-corrected chi connectivity index (χ4v) is 7.85. The Morgan fingerprint density at radius 2 is 0.939 bits per heavy atom. The summed E-state index contributed by atoms with van der Waals surface area (Å²) in [4.78, 5) is 0. The second kappa shape index (κ2) is 10.9. The second-order valence-electron chi connectivity index (χ2n) is 13.1. The molecule has 3 nitrogen and oxygen atoms in total. The van der Waals surface area contributed by atoms with Gasteiger partial charge in [-0.1, -0.05) is 84.9 Å². The first-order valence-corrected chi connectivity index (χ1v) is 16.3. The van der Waals surface area contributed by atoms with E-state index in [0.29, 0.717) is 33.6 Å². The largest absolute Gasteiger partial charge is 0.416 e. The van der Waals surface area contributed by atoms with E-state index in [-0.39, 0.29) is 0 Å². The average molecular weight is 648 g/mol. The lowest BCUT2D eigenvalue weighted by Gasteiger charge is -2.22. The van der Waals surface area contributed by atoms with Crippen LogP contribution in [0.15, 0.2) is 103 Å². The lowest BCUT2D eigenvalue weighted by atomic mass is 9.93. The Morgan fingerprint density at radius 3 is 1.35 bits per heavy atom. The van der Waals surface area contributed by atoms with Gasteiger partial charge in [-0.05, 0) is 86.2 Å². The Bertz CT molecular complexity index is 2600. The summed E-state index contributed by atoms with van der Waals surface area (Å²) in [6.07, 6.45) is -4.47. The Kier molecular flexibility index (Phi) is 6.77. The molecule has 0 aliphatic heterocycles. The Morgan fingerprint density at radius 1 is 0.510 bits per heavy atom. The second-order valence-corrected chi connectivity index (χ2v) is 13.1. The van der Waals surface area contributed by atoms with Crippen LogP contribution in [0, 0.1) is 45.9 Å². The van der Waals surface area contributed by atoms with E-state index >= 15 is 0 Å². The number of benzene rings is 6. The molecular weight excluding hydrogens is 615 g/mol. The van der Waals surface area contributed by atoms with Crippen molar-refractivity contribution >= 4 is 43.6 Å². The fraction of sp³-hybridized carbons (Fsp3) is 0.140. The molecule has 6 aromatic carbocycles. The van der Waals surface area contributed by atoms with Crippen LogP contribution in [-0.2, 0) is 6.18 Å². The van der Waals surface area contributed by atoms with Crippen molar-refractivity contribution in [2.75, 3.05) is 0 Å². The molecule has 0 aliphatic rings. The van der Waals surface area contributed by atoms with Crippen molar-refractivity contribution in [3.8, 4) is 28.6 Å². The molecule has 0 spiro atoms. The Balaban J connectivity index is 1.61. The molecule has 8 rings (SSSR count). The van der Waals surface area contributed by atoms with E-state index < -0.39 is 11.7 Å². The normalized spacial score (nSPS) is 12.1. The average Bonchev–Trinajstić information content (AvgIpc) is 3.60. The number of rotatable bonds is 3. The van der Waals surface area contributed by atoms with Gasteiger partial charge in [0.2, 0.25) is 0 Å². The van der Waals surface area contributed by atoms with Crippen LogP contribution in [-0.4, -0.2) is 9.13 Å². The summed E-state index contributed by atoms with van der Waals surface area (Å²) in [7, 11) is 0. The first-order valence-electron chi connectivity index (χ1n) is 16.3. The minimum absolute atomic E-state index is 0.437. The van der Waals surface area contributed by atoms with Gasteiger partial charge in [0.1, 0.15) is 11.6 Å². The first-order chi connectivity index (χ1) is 23.5. The number of nitriles is 1. The third-order valence-corrected chi connectivity index (χ3v) is 10.0. The van der Waals surface area contributed by atoms with Gasteiger partial charge >= 0.3 is 6.18 Å². The molecule has 0 aliphatic carbocycles. The van der Waals surface area contributed by atoms with Gasteiger partial charge in [0, 0.05) is 27.1 Å². The molecule has 0 fully saturated rings. The summed E-state index contributed by atoms with van der Waals surface area (Å²) < 4.78 is 45.9. The number of aromatic nitrogens is 2. The molecule has 49 heavy (non-hydrogen) atoms. The summed E-state index contributed by atoms with van der Waals surface area (Å²) in [5.41, 5.74) is 11.0. The van der Waals surface area contributed by atoms with Crippen molar-refractivity contribution in [3.05, 3.63) is 142 Å². The number of nitrogens with zero attached hydrogens (tertiary/aromatic N) is 3. The molecule has 240 valence electrons. The van der Waals surface area contributed by atoms with Crippen molar-refractivity contribution in [1.82, 2.24) is 9.13 Å². The summed E-state index contributed by atoms with van der Waals surface area (Å²) >= 11 is 0. The van der Waals surface area contributed by atoms with Gasteiger partial charge in [0.15, 0.2) is 0 Å². The lowest BCUT2D eigenvalue weighted by Crippen LogP contribution is -2.09. The molecule has 0 unspecified atom stereocenters. The van der Waals surface area contributed by atoms with E-state index in [1.165, 1.54) is 6.07 Å². The van der Waals surface area contributed by atoms with E-state index in [0.717, 1.165) is 71.9 Å². The van der Waals surface area contributed by atoms with Crippen LogP contribution in [0.25, 0.3) is 66.1 Å². The third-order valence-electron chi connectivity index (χ3n) is 10.0. The van der Waals surface area contributed by atoms with E-state index in [9.17, 15) is 18.4 Å². The van der Waals surface area contributed by atoms with Crippen LogP contribution in [0.5, 0.6) is 0 Å². The first kappa shape index (κ1) is 30.5. The van der Waals surface area contributed by atoms with Gasteiger partial charge in [-0.15, -0.1) is 0 Å². The summed E-state index contributed by atoms with van der Waals surface area (Å²) in [6, 6.07) is 35.3. The van der Waals surface area contributed by atoms with Crippen LogP contribution in [0.2, 0.25) is 0 Å². The van der Waals surface area contributed by atoms with Crippen LogP contribution in [0.1, 0.15) is 38.9 Å². The molecule has 2 heterocycles. The van der Waals surface area contributed by atoms with Crippen molar-refractivity contribution in [2.24, 2.45) is 0 Å². The molecule has 0 N–H and O–H groups in total. The molecule has 2 aromatic heterocycles. The lowest BCUT2D eigenvalue weighted by molar-refractivity contribution is -0.137. The third kappa shape index (κ3) is 4.42. The van der Waals surface area contributed by atoms with Crippen molar-refractivity contribution < 1.29 is 13.2 Å². The molecule has 6 heteroatoms. The predicted molar refractivity (Wildman–Crippen MR) is 194 cm³/mol. The maximum Gasteiger partial charge on any atom is 0.416 e. The van der Waals surface area contributed by atoms with Crippen molar-refractivity contribution in [1.29, 1.82) is 5.26 Å². The maximum absolute atomic E-state index is 13.8. The van der Waals surface area contributed by atoms with Gasteiger partial charge < -0.3 is 9.13 Å². The predicted octanol–water partition coefficient (Wildman–Crippen LogP) is 12.0. The maximum atomic E-state index is 13.8. The number of para-hydroxylation sites is 4. The highest BCUT2D eigenvalue weighted by atomic mass is 19.4. The van der Waals surface area contributed by atoms with Crippen LogP contribution in [0.4, 0.5) is 13.2 Å². The minimum Gasteiger partial charge on any atom is -0.307 e. The van der Waals surface area contributed by atoms with Gasteiger partial charge in [0.25, 0.3) is 0 Å². The van der Waals surface area contributed by atoms with Crippen LogP contribution >= 0.6 is 0 Å². The van der Waals surface area contributed by atoms with Crippen LogP contribution < -0.4 is 0 Å². The molecule has 0 amide bonds. The van der Waals surface area contributed by atoms with Gasteiger partial charge in [0.05, 0.1) is 39.0 Å². The van der Waals surface area contributed by atoms with Crippen LogP contribution in [0.3, 0.4) is 0 Å². The number of aryl methyl sites for hydroxylation is 5. The molecule has 0 saturated heterocycles. The van der Waals surface area contributed by atoms with Gasteiger partial charge in [-0.2, -0.15) is 18.4 Å². The topological polar surface area (TPSA) is 33.6 Å². The van der Waals surface area contributed by atoms with E-state index in [4.69, 9.17) is 0 Å². The van der Waals surface area contributed by atoms with Crippen molar-refractivity contribution in [3.63, 3.8) is 0 Å². The summed E-state index contributed by atoms with van der Waals surface area (Å²) in [5, 5.41) is 15.6. The van der Waals surface area contributed by atoms with E-state index in [1.807, 2.05) is 24.3 Å². The molecule has 0 bridgehead atoms. The SMILES string of the molecule is Cc1cc(C(F)(F)F)ccc1-c1ccc(-n2c3c(C)cccc3c3cccc(C)c32)c(C#N)c1-n1c2c(C)cccc2c2cccc(C)c21. The minimum atomic E-state index is -4.47. The van der Waals surface area contributed by atoms with E-state index in [2.05, 4.69) is 104 Å². The zero-order valence-corrected chi connectivity index (χ0v) is 27.8. The standard InChI is InChI=1S/C43H32F3N3/c1-24-10-6-14-31-32-15-7-11-25(2)39(32)48(38(24)31)37-21-20-35(30-19-18-29(22-28(30)5)43(44,45)46)42(36(37)23-47)49-40-26(3)12-8-16-33(40)34-17-9-13-27(4)41(34)49/h6-22H,1-5H3. The van der Waals surface area contributed by atoms with Gasteiger partial charge in [-0.3, -0.25) is 0 Å². The molecular formula is C43H32F3N3. The molecule has 0 atom stereocenters. The highest BCUT2D eigenvalue weighted by Gasteiger charge is 2.32. The van der Waals surface area contributed by atoms with Crippen molar-refractivity contribution in [2.45, 2.75) is 40.8 Å². The Hall–Kier alpha value is -5.80. The number of halogens is 3.